The number of likely N-dealkylation sites (tertiary alicyclic amines) is 1. The topological polar surface area (TPSA) is 79.0 Å². The second-order valence-electron chi connectivity index (χ2n) is 10.0. The van der Waals surface area contributed by atoms with Gasteiger partial charge < -0.3 is 19.9 Å². The first-order valence-corrected chi connectivity index (χ1v) is 12.7. The van der Waals surface area contributed by atoms with Gasteiger partial charge in [0.15, 0.2) is 0 Å². The summed E-state index contributed by atoms with van der Waals surface area (Å²) >= 11 is 0. The normalized spacial score (nSPS) is 19.8. The molecule has 0 aliphatic carbocycles. The summed E-state index contributed by atoms with van der Waals surface area (Å²) < 4.78 is 20.0. The third-order valence-electron chi connectivity index (χ3n) is 7.18. The van der Waals surface area contributed by atoms with E-state index >= 15 is 0 Å². The second-order valence-corrected chi connectivity index (χ2v) is 10.0. The molecule has 0 saturated carbocycles. The lowest BCUT2D eigenvalue weighted by atomic mass is 9.95. The van der Waals surface area contributed by atoms with Gasteiger partial charge in [-0.15, -0.1) is 0 Å². The smallest absolute Gasteiger partial charge is 0.248 e. The number of hydrogen-bond acceptors (Lipinski definition) is 4. The zero-order valence-electron chi connectivity index (χ0n) is 22.5. The van der Waals surface area contributed by atoms with Crippen molar-refractivity contribution in [1.82, 2.24) is 15.1 Å². The predicted octanol–water partition coefficient (Wildman–Crippen LogP) is 3.84. The largest absolute Gasteiger partial charge is 0.379 e. The Morgan fingerprint density at radius 1 is 1.00 bits per heavy atom. The molecule has 5 atom stereocenters. The maximum Gasteiger partial charge on any atom is 0.248 e. The highest BCUT2D eigenvalue weighted by Gasteiger charge is 2.45. The first-order valence-electron chi connectivity index (χ1n) is 12.7. The minimum Gasteiger partial charge on any atom is -0.379 e. The molecule has 0 aromatic heterocycles. The monoisotopic (exact) mass is 511 g/mol. The summed E-state index contributed by atoms with van der Waals surface area (Å²) in [6.45, 7) is 7.04. The van der Waals surface area contributed by atoms with Crippen LogP contribution >= 0.6 is 0 Å². The third-order valence-corrected chi connectivity index (χ3v) is 7.18. The molecule has 37 heavy (non-hydrogen) atoms. The molecule has 200 valence electrons. The molecule has 0 radical (unpaired) electrons. The molecule has 2 aromatic carbocycles. The number of likely N-dealkylation sites (N-methyl/N-ethyl adjacent to an activating group) is 1. The highest BCUT2D eigenvalue weighted by molar-refractivity contribution is 5.93. The fraction of sp³-hybridized carbons (Fsp3) is 0.483. The number of carbonyl (C=O) groups excluding carboxylic acids is 3. The van der Waals surface area contributed by atoms with E-state index in [-0.39, 0.29) is 18.9 Å². The quantitative estimate of drug-likeness (QED) is 0.555. The maximum atomic E-state index is 14.7. The third kappa shape index (κ3) is 6.55. The van der Waals surface area contributed by atoms with Crippen molar-refractivity contribution in [3.63, 3.8) is 0 Å². The lowest BCUT2D eigenvalue weighted by molar-refractivity contribution is -0.151. The number of methoxy groups -OCH3 is 1. The maximum absolute atomic E-state index is 14.7. The summed E-state index contributed by atoms with van der Waals surface area (Å²) in [5, 5.41) is 3.07. The molecule has 3 rings (SSSR count). The predicted molar refractivity (Wildman–Crippen MR) is 141 cm³/mol. The van der Waals surface area contributed by atoms with Crippen molar-refractivity contribution >= 4 is 17.7 Å². The molecule has 1 heterocycles. The summed E-state index contributed by atoms with van der Waals surface area (Å²) in [4.78, 5) is 41.8. The van der Waals surface area contributed by atoms with E-state index in [2.05, 4.69) is 19.2 Å². The number of hydrogen-bond donors (Lipinski definition) is 1. The minimum absolute atomic E-state index is 0.108. The summed E-state index contributed by atoms with van der Waals surface area (Å²) in [6, 6.07) is 15.1. The molecule has 3 amide bonds. The number of benzene rings is 2. The molecule has 8 heteroatoms. The molecular formula is C29H38FN3O4. The highest BCUT2D eigenvalue weighted by atomic mass is 19.1. The van der Waals surface area contributed by atoms with Crippen molar-refractivity contribution in [3.05, 3.63) is 71.3 Å². The van der Waals surface area contributed by atoms with Crippen LogP contribution in [0.25, 0.3) is 0 Å². The first-order chi connectivity index (χ1) is 17.5. The number of ether oxygens (including phenoxy) is 1. The van der Waals surface area contributed by atoms with Crippen molar-refractivity contribution in [2.45, 2.75) is 70.4 Å². The van der Waals surface area contributed by atoms with Crippen LogP contribution in [0.4, 0.5) is 4.39 Å². The van der Waals surface area contributed by atoms with Crippen LogP contribution in [-0.2, 0) is 19.1 Å². The molecule has 0 bridgehead atoms. The van der Waals surface area contributed by atoms with Crippen molar-refractivity contribution in [2.75, 3.05) is 20.7 Å². The molecule has 7 nitrogen and oxygen atoms in total. The van der Waals surface area contributed by atoms with Gasteiger partial charge in [-0.1, -0.05) is 68.4 Å². The Morgan fingerprint density at radius 3 is 2.11 bits per heavy atom. The summed E-state index contributed by atoms with van der Waals surface area (Å²) in [7, 11) is 2.95. The van der Waals surface area contributed by atoms with Crippen LogP contribution in [-0.4, -0.2) is 72.6 Å². The standard InChI is InChI=1S/C29H38FN3O4/c1-18(2)21-12-14-23(15-13-21)26(22-10-8-7-9-11-22)31-28(35)25-16-24(30)17-33(25)29(36)27(19(3)37-6)32(5)20(4)34/h7-15,18-19,24-27H,16-17H2,1-6H3,(H,31,35)/t19-,24-,25+,26+,27+/m1/s1. The van der Waals surface area contributed by atoms with E-state index in [1.807, 2.05) is 54.6 Å². The van der Waals surface area contributed by atoms with E-state index in [0.717, 1.165) is 11.1 Å². The van der Waals surface area contributed by atoms with E-state index in [0.29, 0.717) is 5.92 Å². The van der Waals surface area contributed by atoms with E-state index in [1.54, 1.807) is 6.92 Å². The van der Waals surface area contributed by atoms with Gasteiger partial charge in [0.1, 0.15) is 18.3 Å². The zero-order chi connectivity index (χ0) is 27.3. The van der Waals surface area contributed by atoms with Gasteiger partial charge in [0.25, 0.3) is 0 Å². The van der Waals surface area contributed by atoms with E-state index in [9.17, 15) is 18.8 Å². The molecule has 1 saturated heterocycles. The molecule has 0 spiro atoms. The van der Waals surface area contributed by atoms with Crippen LogP contribution in [0.1, 0.15) is 62.8 Å². The van der Waals surface area contributed by atoms with Gasteiger partial charge in [-0.3, -0.25) is 14.4 Å². The molecule has 1 aliphatic rings. The highest BCUT2D eigenvalue weighted by Crippen LogP contribution is 2.28. The van der Waals surface area contributed by atoms with Crippen molar-refractivity contribution in [2.24, 2.45) is 0 Å². The van der Waals surface area contributed by atoms with Crippen LogP contribution in [0.2, 0.25) is 0 Å². The average Bonchev–Trinajstić information content (AvgIpc) is 3.29. The van der Waals surface area contributed by atoms with Gasteiger partial charge in [0.05, 0.1) is 18.7 Å². The summed E-state index contributed by atoms with van der Waals surface area (Å²) in [5.41, 5.74) is 2.95. The Labute approximate surface area is 219 Å². The number of rotatable bonds is 9. The van der Waals surface area contributed by atoms with Crippen molar-refractivity contribution in [1.29, 1.82) is 0 Å². The summed E-state index contributed by atoms with van der Waals surface area (Å²) in [5.74, 6) is -0.906. The van der Waals surface area contributed by atoms with E-state index in [1.165, 1.54) is 36.4 Å². The molecule has 0 unspecified atom stereocenters. The second kappa shape index (κ2) is 12.3. The van der Waals surface area contributed by atoms with Crippen LogP contribution in [0.15, 0.2) is 54.6 Å². The van der Waals surface area contributed by atoms with Gasteiger partial charge in [0, 0.05) is 27.5 Å². The van der Waals surface area contributed by atoms with Gasteiger partial charge in [-0.05, 0) is 29.5 Å². The number of alkyl halides is 1. The molecule has 2 aromatic rings. The van der Waals surface area contributed by atoms with E-state index < -0.39 is 42.2 Å². The van der Waals surface area contributed by atoms with Gasteiger partial charge in [-0.2, -0.15) is 0 Å². The Hall–Kier alpha value is -3.26. The Kier molecular flexibility index (Phi) is 9.43. The lowest BCUT2D eigenvalue weighted by Crippen LogP contribution is -2.57. The number of halogens is 1. The van der Waals surface area contributed by atoms with Gasteiger partial charge in [0.2, 0.25) is 17.7 Å². The molecule has 1 fully saturated rings. The SMILES string of the molecule is CO[C@H](C)[C@@H](C(=O)N1C[C@H](F)C[C@H]1C(=O)N[C@@H](c1ccccc1)c1ccc(C(C)C)cc1)N(C)C(C)=O. The number of nitrogens with one attached hydrogen (secondary N) is 1. The lowest BCUT2D eigenvalue weighted by Gasteiger charge is -2.35. The molecule has 1 aliphatic heterocycles. The van der Waals surface area contributed by atoms with Gasteiger partial charge >= 0.3 is 0 Å². The molecule has 1 N–H and O–H groups in total. The molecular weight excluding hydrogens is 473 g/mol. The van der Waals surface area contributed by atoms with Crippen LogP contribution in [0.5, 0.6) is 0 Å². The summed E-state index contributed by atoms with van der Waals surface area (Å²) in [6.07, 6.45) is -2.09. The average molecular weight is 512 g/mol. The Balaban J connectivity index is 1.90. The van der Waals surface area contributed by atoms with Crippen molar-refractivity contribution < 1.29 is 23.5 Å². The Morgan fingerprint density at radius 2 is 1.57 bits per heavy atom. The number of nitrogens with zero attached hydrogens (tertiary/aromatic N) is 2. The fourth-order valence-electron chi connectivity index (χ4n) is 4.77. The number of amides is 3. The number of carbonyl (C=O) groups is 3. The van der Waals surface area contributed by atoms with Gasteiger partial charge in [-0.25, -0.2) is 4.39 Å². The zero-order valence-corrected chi connectivity index (χ0v) is 22.5. The van der Waals surface area contributed by atoms with Crippen molar-refractivity contribution in [3.8, 4) is 0 Å². The minimum atomic E-state index is -1.35. The fourth-order valence-corrected chi connectivity index (χ4v) is 4.77. The van der Waals surface area contributed by atoms with Crippen LogP contribution < -0.4 is 5.32 Å². The first kappa shape index (κ1) is 28.3. The van der Waals surface area contributed by atoms with Crippen LogP contribution in [0.3, 0.4) is 0 Å². The van der Waals surface area contributed by atoms with Crippen LogP contribution in [0, 0.1) is 0 Å². The van der Waals surface area contributed by atoms with E-state index in [4.69, 9.17) is 4.74 Å². The Bertz CT molecular complexity index is 1080.